The van der Waals surface area contributed by atoms with E-state index in [2.05, 4.69) is 17.1 Å². The van der Waals surface area contributed by atoms with Crippen LogP contribution in [0.3, 0.4) is 0 Å². The molecule has 16 heavy (non-hydrogen) atoms. The quantitative estimate of drug-likeness (QED) is 0.786. The maximum absolute atomic E-state index is 5.97. The third kappa shape index (κ3) is 4.04. The zero-order valence-corrected chi connectivity index (χ0v) is 10.6. The van der Waals surface area contributed by atoms with Gasteiger partial charge in [-0.1, -0.05) is 6.92 Å². The number of hydrogen-bond donors (Lipinski definition) is 1. The minimum atomic E-state index is 0.555. The standard InChI is InChI=1S/C13H26N2O/c1-12-2-4-13(5-3-12)16-11-10-15-8-6-14-7-9-15/h12-14H,2-11H2,1H3. The molecular formula is C13H26N2O. The lowest BCUT2D eigenvalue weighted by Gasteiger charge is -2.29. The summed E-state index contributed by atoms with van der Waals surface area (Å²) in [5.41, 5.74) is 0. The molecule has 1 aliphatic heterocycles. The van der Waals surface area contributed by atoms with E-state index in [4.69, 9.17) is 4.74 Å². The van der Waals surface area contributed by atoms with E-state index in [-0.39, 0.29) is 0 Å². The van der Waals surface area contributed by atoms with Crippen molar-refractivity contribution < 1.29 is 4.74 Å². The molecule has 0 aromatic heterocycles. The van der Waals surface area contributed by atoms with Crippen LogP contribution in [0.5, 0.6) is 0 Å². The van der Waals surface area contributed by atoms with Gasteiger partial charge >= 0.3 is 0 Å². The van der Waals surface area contributed by atoms with Crippen molar-refractivity contribution in [2.24, 2.45) is 5.92 Å². The van der Waals surface area contributed by atoms with Crippen LogP contribution in [0.4, 0.5) is 0 Å². The molecule has 0 atom stereocenters. The highest BCUT2D eigenvalue weighted by molar-refractivity contribution is 4.71. The molecule has 1 aliphatic carbocycles. The van der Waals surface area contributed by atoms with E-state index in [0.29, 0.717) is 6.10 Å². The van der Waals surface area contributed by atoms with Crippen molar-refractivity contribution in [2.45, 2.75) is 38.7 Å². The zero-order chi connectivity index (χ0) is 11.2. The van der Waals surface area contributed by atoms with Gasteiger partial charge in [-0.3, -0.25) is 4.90 Å². The van der Waals surface area contributed by atoms with Crippen molar-refractivity contribution in [2.75, 3.05) is 39.3 Å². The number of hydrogen-bond acceptors (Lipinski definition) is 3. The van der Waals surface area contributed by atoms with Crippen LogP contribution in [0.1, 0.15) is 32.6 Å². The van der Waals surface area contributed by atoms with Crippen LogP contribution in [0.15, 0.2) is 0 Å². The summed E-state index contributed by atoms with van der Waals surface area (Å²) in [5.74, 6) is 0.924. The van der Waals surface area contributed by atoms with E-state index in [9.17, 15) is 0 Å². The summed E-state index contributed by atoms with van der Waals surface area (Å²) < 4.78 is 5.97. The zero-order valence-electron chi connectivity index (χ0n) is 10.6. The SMILES string of the molecule is CC1CCC(OCCN2CCNCC2)CC1. The van der Waals surface area contributed by atoms with E-state index in [0.717, 1.165) is 32.2 Å². The Morgan fingerprint density at radius 3 is 2.50 bits per heavy atom. The fourth-order valence-corrected chi connectivity index (χ4v) is 2.68. The topological polar surface area (TPSA) is 24.5 Å². The predicted octanol–water partition coefficient (Wildman–Crippen LogP) is 1.49. The van der Waals surface area contributed by atoms with Crippen molar-refractivity contribution in [3.63, 3.8) is 0 Å². The van der Waals surface area contributed by atoms with Gasteiger partial charge in [0, 0.05) is 32.7 Å². The average Bonchev–Trinajstić information content (AvgIpc) is 2.33. The van der Waals surface area contributed by atoms with Gasteiger partial charge in [0.2, 0.25) is 0 Å². The Kier molecular flexibility index (Phi) is 5.07. The molecule has 3 heteroatoms. The summed E-state index contributed by atoms with van der Waals surface area (Å²) in [6, 6.07) is 0. The predicted molar refractivity (Wildman–Crippen MR) is 66.7 cm³/mol. The van der Waals surface area contributed by atoms with Crippen molar-refractivity contribution in [1.29, 1.82) is 0 Å². The highest BCUT2D eigenvalue weighted by Gasteiger charge is 2.18. The molecule has 1 saturated heterocycles. The van der Waals surface area contributed by atoms with Crippen molar-refractivity contribution >= 4 is 0 Å². The smallest absolute Gasteiger partial charge is 0.0597 e. The molecule has 1 N–H and O–H groups in total. The lowest BCUT2D eigenvalue weighted by molar-refractivity contribution is 0.00762. The summed E-state index contributed by atoms with van der Waals surface area (Å²) >= 11 is 0. The molecule has 94 valence electrons. The Bertz CT molecular complexity index is 184. The Labute approximate surface area is 99.5 Å². The van der Waals surface area contributed by atoms with Gasteiger partial charge in [-0.15, -0.1) is 0 Å². The van der Waals surface area contributed by atoms with Crippen LogP contribution >= 0.6 is 0 Å². The summed E-state index contributed by atoms with van der Waals surface area (Å²) in [6.45, 7) is 9.06. The lowest BCUT2D eigenvalue weighted by Crippen LogP contribution is -2.44. The Balaban J connectivity index is 1.53. The number of ether oxygens (including phenoxy) is 1. The molecule has 2 aliphatic rings. The third-order valence-corrected chi connectivity index (χ3v) is 3.93. The number of piperazine rings is 1. The summed E-state index contributed by atoms with van der Waals surface area (Å²) in [7, 11) is 0. The average molecular weight is 226 g/mol. The summed E-state index contributed by atoms with van der Waals surface area (Å²) in [6.07, 6.45) is 5.83. The minimum absolute atomic E-state index is 0.555. The lowest BCUT2D eigenvalue weighted by atomic mass is 9.89. The van der Waals surface area contributed by atoms with Crippen LogP contribution in [0, 0.1) is 5.92 Å². The summed E-state index contributed by atoms with van der Waals surface area (Å²) in [4.78, 5) is 2.50. The highest BCUT2D eigenvalue weighted by atomic mass is 16.5. The Hall–Kier alpha value is -0.120. The molecule has 0 amide bonds. The Morgan fingerprint density at radius 1 is 1.12 bits per heavy atom. The van der Waals surface area contributed by atoms with E-state index >= 15 is 0 Å². The first-order chi connectivity index (χ1) is 7.84. The van der Waals surface area contributed by atoms with Crippen LogP contribution in [-0.2, 0) is 4.74 Å². The molecule has 1 heterocycles. The van der Waals surface area contributed by atoms with Crippen LogP contribution < -0.4 is 5.32 Å². The summed E-state index contributed by atoms with van der Waals surface area (Å²) in [5, 5.41) is 3.38. The van der Waals surface area contributed by atoms with Crippen LogP contribution in [0.2, 0.25) is 0 Å². The minimum Gasteiger partial charge on any atom is -0.377 e. The maximum atomic E-state index is 5.97. The van der Waals surface area contributed by atoms with Crippen LogP contribution in [-0.4, -0.2) is 50.3 Å². The molecule has 2 fully saturated rings. The molecule has 0 radical (unpaired) electrons. The first kappa shape index (κ1) is 12.3. The van der Waals surface area contributed by atoms with E-state index in [1.165, 1.54) is 38.8 Å². The normalized spacial score (nSPS) is 32.8. The third-order valence-electron chi connectivity index (χ3n) is 3.93. The van der Waals surface area contributed by atoms with E-state index in [1.807, 2.05) is 0 Å². The van der Waals surface area contributed by atoms with Gasteiger partial charge in [-0.25, -0.2) is 0 Å². The molecule has 3 nitrogen and oxygen atoms in total. The van der Waals surface area contributed by atoms with Gasteiger partial charge in [0.25, 0.3) is 0 Å². The first-order valence-electron chi connectivity index (χ1n) is 6.89. The second-order valence-corrected chi connectivity index (χ2v) is 5.34. The fourth-order valence-electron chi connectivity index (χ4n) is 2.68. The monoisotopic (exact) mass is 226 g/mol. The van der Waals surface area contributed by atoms with Crippen LogP contribution in [0.25, 0.3) is 0 Å². The number of rotatable bonds is 4. The van der Waals surface area contributed by atoms with Gasteiger partial charge in [0.05, 0.1) is 12.7 Å². The van der Waals surface area contributed by atoms with Crippen molar-refractivity contribution in [3.8, 4) is 0 Å². The van der Waals surface area contributed by atoms with E-state index < -0.39 is 0 Å². The molecule has 0 bridgehead atoms. The molecule has 0 aromatic rings. The molecule has 0 unspecified atom stereocenters. The van der Waals surface area contributed by atoms with Gasteiger partial charge in [0.1, 0.15) is 0 Å². The Morgan fingerprint density at radius 2 is 1.81 bits per heavy atom. The highest BCUT2D eigenvalue weighted by Crippen LogP contribution is 2.25. The van der Waals surface area contributed by atoms with Crippen molar-refractivity contribution in [3.05, 3.63) is 0 Å². The van der Waals surface area contributed by atoms with Gasteiger partial charge in [0.15, 0.2) is 0 Å². The molecule has 0 spiro atoms. The number of nitrogens with one attached hydrogen (secondary N) is 1. The number of nitrogens with zero attached hydrogens (tertiary/aromatic N) is 1. The second-order valence-electron chi connectivity index (χ2n) is 5.34. The largest absolute Gasteiger partial charge is 0.377 e. The molecule has 0 aromatic carbocycles. The van der Waals surface area contributed by atoms with Gasteiger partial charge in [-0.2, -0.15) is 0 Å². The molecule has 2 rings (SSSR count). The second kappa shape index (κ2) is 6.58. The molecule has 1 saturated carbocycles. The van der Waals surface area contributed by atoms with Gasteiger partial charge in [-0.05, 0) is 31.6 Å². The first-order valence-corrected chi connectivity index (χ1v) is 6.89. The fraction of sp³-hybridized carbons (Fsp3) is 1.00. The van der Waals surface area contributed by atoms with E-state index in [1.54, 1.807) is 0 Å². The van der Waals surface area contributed by atoms with Gasteiger partial charge < -0.3 is 10.1 Å². The molecular weight excluding hydrogens is 200 g/mol. The van der Waals surface area contributed by atoms with Crippen molar-refractivity contribution in [1.82, 2.24) is 10.2 Å². The maximum Gasteiger partial charge on any atom is 0.0597 e.